The first-order valence-corrected chi connectivity index (χ1v) is 15.5. The van der Waals surface area contributed by atoms with E-state index in [2.05, 4.69) is 20.7 Å². The van der Waals surface area contributed by atoms with Crippen LogP contribution in [-0.2, 0) is 4.74 Å². The maximum atomic E-state index is 16.8. The Morgan fingerprint density at radius 1 is 1.09 bits per heavy atom. The molecule has 7 rings (SSSR count). The molecule has 10 heteroatoms. The lowest BCUT2D eigenvalue weighted by Crippen LogP contribution is -2.43. The molecule has 3 aliphatic rings. The lowest BCUT2D eigenvalue weighted by atomic mass is 9.93. The first-order valence-electron chi connectivity index (χ1n) is 15.5. The zero-order valence-electron chi connectivity index (χ0n) is 25.2. The van der Waals surface area contributed by atoms with E-state index < -0.39 is 23.3 Å². The molecular formula is C35H35F3N4O3. The number of hydrogen-bond donors (Lipinski definition) is 1. The Balaban J connectivity index is 1.35. The average Bonchev–Trinajstić information content (AvgIpc) is 3.56. The van der Waals surface area contributed by atoms with Crippen molar-refractivity contribution in [3.63, 3.8) is 0 Å². The highest BCUT2D eigenvalue weighted by molar-refractivity contribution is 6.04. The summed E-state index contributed by atoms with van der Waals surface area (Å²) < 4.78 is 57.6. The molecule has 2 atom stereocenters. The Labute approximate surface area is 260 Å². The molecular weight excluding hydrogens is 581 g/mol. The number of alkyl halides is 1. The third-order valence-electron chi connectivity index (χ3n) is 9.80. The highest BCUT2D eigenvalue weighted by Gasteiger charge is 2.49. The number of hydrogen-bond acceptors (Lipinski definition) is 7. The number of piperidine rings is 1. The van der Waals surface area contributed by atoms with Crippen LogP contribution in [0.2, 0.25) is 0 Å². The van der Waals surface area contributed by atoms with Gasteiger partial charge in [0.2, 0.25) is 0 Å². The number of nitrogens with zero attached hydrogens (tertiary/aromatic N) is 4. The molecule has 0 saturated carbocycles. The molecule has 4 heterocycles. The Morgan fingerprint density at radius 2 is 1.91 bits per heavy atom. The predicted octanol–water partition coefficient (Wildman–Crippen LogP) is 6.23. The Kier molecular flexibility index (Phi) is 7.70. The number of rotatable bonds is 7. The molecule has 234 valence electrons. The van der Waals surface area contributed by atoms with Crippen LogP contribution in [0.15, 0.2) is 36.4 Å². The van der Waals surface area contributed by atoms with E-state index in [4.69, 9.17) is 20.9 Å². The van der Waals surface area contributed by atoms with Gasteiger partial charge >= 0.3 is 6.01 Å². The van der Waals surface area contributed by atoms with Gasteiger partial charge < -0.3 is 19.5 Å². The van der Waals surface area contributed by atoms with Gasteiger partial charge in [-0.25, -0.2) is 13.2 Å². The highest BCUT2D eigenvalue weighted by Crippen LogP contribution is 2.42. The maximum absolute atomic E-state index is 16.8. The molecule has 0 aliphatic carbocycles. The number of terminal acetylenes is 1. The van der Waals surface area contributed by atoms with Crippen molar-refractivity contribution >= 4 is 27.5 Å². The minimum atomic E-state index is -0.912. The number of benzene rings is 3. The van der Waals surface area contributed by atoms with Gasteiger partial charge in [0, 0.05) is 56.1 Å². The number of aromatic nitrogens is 2. The zero-order chi connectivity index (χ0) is 31.3. The van der Waals surface area contributed by atoms with Crippen molar-refractivity contribution < 1.29 is 27.8 Å². The Bertz CT molecular complexity index is 1820. The second-order valence-electron chi connectivity index (χ2n) is 12.6. The molecule has 2 unspecified atom stereocenters. The van der Waals surface area contributed by atoms with E-state index >= 15 is 4.39 Å². The molecule has 1 aromatic heterocycles. The molecule has 3 saturated heterocycles. The van der Waals surface area contributed by atoms with Crippen molar-refractivity contribution in [2.75, 3.05) is 51.4 Å². The number of halogens is 3. The fourth-order valence-electron chi connectivity index (χ4n) is 7.61. The maximum Gasteiger partial charge on any atom is 0.319 e. The second kappa shape index (κ2) is 11.7. The Hall–Kier alpha value is -4.07. The Morgan fingerprint density at radius 3 is 2.69 bits per heavy atom. The summed E-state index contributed by atoms with van der Waals surface area (Å²) >= 11 is 0. The molecule has 0 spiro atoms. The number of phenols is 1. The zero-order valence-corrected chi connectivity index (χ0v) is 25.2. The largest absolute Gasteiger partial charge is 0.508 e. The van der Waals surface area contributed by atoms with Crippen LogP contribution in [0.1, 0.15) is 37.7 Å². The van der Waals surface area contributed by atoms with Gasteiger partial charge in [0.25, 0.3) is 0 Å². The first kappa shape index (κ1) is 29.6. The molecule has 4 aromatic rings. The summed E-state index contributed by atoms with van der Waals surface area (Å²) in [7, 11) is 1.70. The van der Waals surface area contributed by atoms with Crippen LogP contribution >= 0.6 is 0 Å². The van der Waals surface area contributed by atoms with Crippen LogP contribution in [0, 0.1) is 29.9 Å². The minimum Gasteiger partial charge on any atom is -0.508 e. The molecule has 0 bridgehead atoms. The van der Waals surface area contributed by atoms with Gasteiger partial charge in [0.05, 0.1) is 11.1 Å². The molecule has 3 aromatic carbocycles. The summed E-state index contributed by atoms with van der Waals surface area (Å²) in [6, 6.07) is 8.95. The number of ether oxygens (including phenoxy) is 2. The van der Waals surface area contributed by atoms with E-state index in [0.717, 1.165) is 32.2 Å². The van der Waals surface area contributed by atoms with E-state index in [0.29, 0.717) is 60.6 Å². The van der Waals surface area contributed by atoms with Crippen LogP contribution in [0.25, 0.3) is 32.8 Å². The average molecular weight is 617 g/mol. The lowest BCUT2D eigenvalue weighted by Gasteiger charge is -2.33. The van der Waals surface area contributed by atoms with E-state index in [-0.39, 0.29) is 40.6 Å². The minimum absolute atomic E-state index is 0.0172. The number of fused-ring (bicyclic) bond motifs is 3. The third-order valence-corrected chi connectivity index (χ3v) is 9.80. The summed E-state index contributed by atoms with van der Waals surface area (Å²) in [6.07, 6.45) is 8.73. The van der Waals surface area contributed by atoms with Crippen LogP contribution in [0.5, 0.6) is 11.8 Å². The number of methoxy groups -OCH3 is 1. The summed E-state index contributed by atoms with van der Waals surface area (Å²) in [5.41, 5.74) is -0.0436. The van der Waals surface area contributed by atoms with Crippen LogP contribution in [0.4, 0.5) is 19.0 Å². The van der Waals surface area contributed by atoms with Gasteiger partial charge in [-0.15, -0.1) is 6.42 Å². The van der Waals surface area contributed by atoms with Crippen molar-refractivity contribution in [3.05, 3.63) is 53.6 Å². The number of phenolic OH excluding ortho intramolecular Hbond substituents is 1. The fraction of sp³-hybridized carbons (Fsp3) is 0.429. The third kappa shape index (κ3) is 5.22. The van der Waals surface area contributed by atoms with E-state index in [1.165, 1.54) is 24.3 Å². The second-order valence-corrected chi connectivity index (χ2v) is 12.6. The van der Waals surface area contributed by atoms with Gasteiger partial charge in [0.1, 0.15) is 35.7 Å². The summed E-state index contributed by atoms with van der Waals surface area (Å²) in [5, 5.41) is 11.8. The summed E-state index contributed by atoms with van der Waals surface area (Å²) in [5.74, 6) is 1.98. The van der Waals surface area contributed by atoms with E-state index in [9.17, 15) is 13.9 Å². The van der Waals surface area contributed by atoms with Gasteiger partial charge in [-0.3, -0.25) is 4.90 Å². The van der Waals surface area contributed by atoms with Crippen molar-refractivity contribution in [2.45, 2.75) is 43.8 Å². The van der Waals surface area contributed by atoms with Crippen LogP contribution in [0.3, 0.4) is 0 Å². The van der Waals surface area contributed by atoms with Crippen molar-refractivity contribution in [2.24, 2.45) is 5.92 Å². The van der Waals surface area contributed by atoms with E-state index in [1.807, 2.05) is 0 Å². The molecule has 7 nitrogen and oxygen atoms in total. The number of anilines is 1. The van der Waals surface area contributed by atoms with Gasteiger partial charge in [-0.1, -0.05) is 18.1 Å². The summed E-state index contributed by atoms with van der Waals surface area (Å²) in [4.78, 5) is 13.6. The molecule has 45 heavy (non-hydrogen) atoms. The molecule has 0 amide bonds. The topological polar surface area (TPSA) is 71.0 Å². The van der Waals surface area contributed by atoms with Crippen LogP contribution < -0.4 is 9.64 Å². The predicted molar refractivity (Wildman–Crippen MR) is 167 cm³/mol. The highest BCUT2D eigenvalue weighted by atomic mass is 19.1. The van der Waals surface area contributed by atoms with Crippen molar-refractivity contribution in [1.82, 2.24) is 14.9 Å². The summed E-state index contributed by atoms with van der Waals surface area (Å²) in [6.45, 7) is 3.49. The molecule has 3 aliphatic heterocycles. The molecule has 3 fully saturated rings. The first-order chi connectivity index (χ1) is 21.8. The van der Waals surface area contributed by atoms with Crippen LogP contribution in [-0.4, -0.2) is 78.2 Å². The van der Waals surface area contributed by atoms with Crippen molar-refractivity contribution in [1.29, 1.82) is 0 Å². The monoisotopic (exact) mass is 616 g/mol. The normalized spacial score (nSPS) is 22.3. The van der Waals surface area contributed by atoms with Gasteiger partial charge in [0.15, 0.2) is 5.82 Å². The molecule has 0 radical (unpaired) electrons. The van der Waals surface area contributed by atoms with Gasteiger partial charge in [-0.2, -0.15) is 9.97 Å². The van der Waals surface area contributed by atoms with Gasteiger partial charge in [-0.05, 0) is 73.4 Å². The SMILES string of the molecule is C#Cc1c(F)ccc2cc(O)cc(-c3ccc4c(N5CCC(COC)CC5)nc(OCC56CCCN5CC(F)C6)nc4c3F)c12. The number of aromatic hydroxyl groups is 1. The molecule has 1 N–H and O–H groups in total. The van der Waals surface area contributed by atoms with Crippen molar-refractivity contribution in [3.8, 4) is 35.2 Å². The fourth-order valence-corrected chi connectivity index (χ4v) is 7.61. The quantitative estimate of drug-likeness (QED) is 0.247. The lowest BCUT2D eigenvalue weighted by molar-refractivity contribution is 0.107. The smallest absolute Gasteiger partial charge is 0.319 e. The standard InChI is InChI=1S/C35H35F3N4O3/c1-3-25-29(37)8-5-22-15-24(43)16-28(30(22)25)26-6-7-27-32(31(26)38)39-34(40-33(27)41-13-9-21(10-14-41)19-44-2)45-20-35-11-4-12-42(35)18-23(36)17-35/h1,5-8,15-16,21,23,43H,4,9-14,17-20H2,2H3. The van der Waals surface area contributed by atoms with E-state index in [1.54, 1.807) is 19.2 Å².